The van der Waals surface area contributed by atoms with Crippen LogP contribution in [-0.2, 0) is 0 Å². The minimum absolute atomic E-state index is 0.803. The Morgan fingerprint density at radius 2 is 1.15 bits per heavy atom. The van der Waals surface area contributed by atoms with Crippen LogP contribution in [0.15, 0.2) is 156 Å². The predicted molar refractivity (Wildman–Crippen MR) is 196 cm³/mol. The zero-order chi connectivity index (χ0) is 31.3. The largest absolute Gasteiger partial charge is 0.455 e. The molecule has 10 aromatic rings. The maximum atomic E-state index is 6.90. The summed E-state index contributed by atoms with van der Waals surface area (Å²) in [6.07, 6.45) is 0. The molecule has 0 fully saturated rings. The summed E-state index contributed by atoms with van der Waals surface area (Å²) in [5.41, 5.74) is 15.2. The van der Waals surface area contributed by atoms with Crippen molar-refractivity contribution in [1.29, 1.82) is 0 Å². The lowest BCUT2D eigenvalue weighted by molar-refractivity contribution is 0.670. The van der Waals surface area contributed by atoms with Crippen LogP contribution in [0.5, 0.6) is 0 Å². The van der Waals surface area contributed by atoms with Crippen molar-refractivity contribution in [3.63, 3.8) is 0 Å². The van der Waals surface area contributed by atoms with Gasteiger partial charge in [0, 0.05) is 49.4 Å². The quantitative estimate of drug-likeness (QED) is 0.195. The summed E-state index contributed by atoms with van der Waals surface area (Å²) >= 11 is 0. The molecule has 0 radical (unpaired) electrons. The molecular formula is C44H25N3O. The highest BCUT2D eigenvalue weighted by molar-refractivity contribution is 6.25. The van der Waals surface area contributed by atoms with E-state index in [1.807, 2.05) is 36.4 Å². The second kappa shape index (κ2) is 9.50. The molecule has 3 aromatic heterocycles. The molecule has 0 unspecified atom stereocenters. The van der Waals surface area contributed by atoms with Crippen LogP contribution in [0.2, 0.25) is 0 Å². The molecule has 11 rings (SSSR count). The van der Waals surface area contributed by atoms with Crippen molar-refractivity contribution in [2.45, 2.75) is 0 Å². The first-order valence-corrected chi connectivity index (χ1v) is 16.3. The lowest BCUT2D eigenvalue weighted by atomic mass is 9.87. The normalized spacial score (nSPS) is 12.2. The van der Waals surface area contributed by atoms with Gasteiger partial charge >= 0.3 is 0 Å². The van der Waals surface area contributed by atoms with Crippen LogP contribution < -0.4 is 0 Å². The number of nitrogens with zero attached hydrogens (tertiary/aromatic N) is 3. The number of hydrogen-bond donors (Lipinski definition) is 0. The van der Waals surface area contributed by atoms with Crippen LogP contribution in [0.1, 0.15) is 0 Å². The van der Waals surface area contributed by atoms with Gasteiger partial charge in [-0.05, 0) is 42.0 Å². The zero-order valence-electron chi connectivity index (χ0n) is 25.7. The fourth-order valence-electron chi connectivity index (χ4n) is 7.92. The van der Waals surface area contributed by atoms with E-state index in [-0.39, 0.29) is 0 Å². The summed E-state index contributed by atoms with van der Waals surface area (Å²) in [5, 5.41) is 4.66. The average molecular weight is 612 g/mol. The summed E-state index contributed by atoms with van der Waals surface area (Å²) < 4.78 is 9.36. The van der Waals surface area contributed by atoms with Crippen LogP contribution in [0.25, 0.3) is 105 Å². The Balaban J connectivity index is 1.38. The van der Waals surface area contributed by atoms with E-state index >= 15 is 0 Å². The number of fused-ring (bicyclic) bond motifs is 13. The van der Waals surface area contributed by atoms with Crippen molar-refractivity contribution in [2.75, 3.05) is 0 Å². The molecule has 1 aliphatic heterocycles. The second-order valence-electron chi connectivity index (χ2n) is 12.5. The van der Waals surface area contributed by atoms with Crippen LogP contribution in [0.4, 0.5) is 0 Å². The zero-order valence-corrected chi connectivity index (χ0v) is 25.7. The average Bonchev–Trinajstić information content (AvgIpc) is 3.67. The van der Waals surface area contributed by atoms with Crippen molar-refractivity contribution in [1.82, 2.24) is 14.5 Å². The topological polar surface area (TPSA) is 43.9 Å². The lowest BCUT2D eigenvalue weighted by Gasteiger charge is -2.17. The molecule has 0 saturated carbocycles. The molecule has 1 aliphatic rings. The number of furan rings is 1. The summed E-state index contributed by atoms with van der Waals surface area (Å²) in [7, 11) is 0. The molecule has 4 heteroatoms. The van der Waals surface area contributed by atoms with Crippen LogP contribution in [-0.4, -0.2) is 14.5 Å². The van der Waals surface area contributed by atoms with E-state index in [9.17, 15) is 0 Å². The Labute approximate surface area is 275 Å². The molecule has 0 spiro atoms. The SMILES string of the molecule is c1ccc(-c2nc3ccccc3nc2-c2cc3c(c4c2oc2ccccc24)-c2cccc4c5ccccc5n(c24)-c2ccccc2-3)cc1. The molecular weight excluding hydrogens is 587 g/mol. The van der Waals surface area contributed by atoms with Crippen molar-refractivity contribution < 1.29 is 4.42 Å². The van der Waals surface area contributed by atoms with E-state index in [1.165, 1.54) is 32.9 Å². The Morgan fingerprint density at radius 1 is 0.479 bits per heavy atom. The van der Waals surface area contributed by atoms with Crippen molar-refractivity contribution in [3.8, 4) is 50.5 Å². The van der Waals surface area contributed by atoms with Gasteiger partial charge in [0.2, 0.25) is 0 Å². The lowest BCUT2D eigenvalue weighted by Crippen LogP contribution is -1.97. The van der Waals surface area contributed by atoms with Crippen molar-refractivity contribution >= 4 is 54.8 Å². The van der Waals surface area contributed by atoms with Crippen LogP contribution in [0, 0.1) is 0 Å². The van der Waals surface area contributed by atoms with E-state index in [1.54, 1.807) is 0 Å². The van der Waals surface area contributed by atoms with E-state index in [4.69, 9.17) is 14.4 Å². The number of rotatable bonds is 2. The van der Waals surface area contributed by atoms with Gasteiger partial charge in [0.15, 0.2) is 0 Å². The molecule has 0 bridgehead atoms. The summed E-state index contributed by atoms with van der Waals surface area (Å²) in [5.74, 6) is 0. The van der Waals surface area contributed by atoms with E-state index < -0.39 is 0 Å². The number of aromatic nitrogens is 3. The van der Waals surface area contributed by atoms with E-state index in [2.05, 4.69) is 120 Å². The second-order valence-corrected chi connectivity index (χ2v) is 12.5. The number of para-hydroxylation sites is 6. The highest BCUT2D eigenvalue weighted by atomic mass is 16.3. The maximum Gasteiger partial charge on any atom is 0.145 e. The van der Waals surface area contributed by atoms with Gasteiger partial charge in [-0.15, -0.1) is 0 Å². The molecule has 48 heavy (non-hydrogen) atoms. The van der Waals surface area contributed by atoms with Crippen molar-refractivity contribution in [3.05, 3.63) is 152 Å². The third-order valence-electron chi connectivity index (χ3n) is 9.92. The highest BCUT2D eigenvalue weighted by Crippen LogP contribution is 2.53. The minimum atomic E-state index is 0.803. The van der Waals surface area contributed by atoms with Gasteiger partial charge in [0.25, 0.3) is 0 Å². The Hall–Kier alpha value is -6.52. The first kappa shape index (κ1) is 25.6. The van der Waals surface area contributed by atoms with Gasteiger partial charge in [-0.3, -0.25) is 0 Å². The molecule has 7 aromatic carbocycles. The van der Waals surface area contributed by atoms with Crippen LogP contribution in [0.3, 0.4) is 0 Å². The summed E-state index contributed by atoms with van der Waals surface area (Å²) in [4.78, 5) is 10.6. The molecule has 4 heterocycles. The molecule has 0 aliphatic carbocycles. The molecule has 222 valence electrons. The maximum absolute atomic E-state index is 6.90. The van der Waals surface area contributed by atoms with Gasteiger partial charge in [-0.1, -0.05) is 115 Å². The van der Waals surface area contributed by atoms with Gasteiger partial charge in [0.1, 0.15) is 16.9 Å². The Kier molecular flexibility index (Phi) is 5.08. The summed E-state index contributed by atoms with van der Waals surface area (Å²) in [6, 6.07) is 53.4. The molecule has 0 N–H and O–H groups in total. The monoisotopic (exact) mass is 611 g/mol. The molecule has 0 saturated heterocycles. The third kappa shape index (κ3) is 3.38. The minimum Gasteiger partial charge on any atom is -0.455 e. The van der Waals surface area contributed by atoms with E-state index in [0.717, 1.165) is 72.3 Å². The number of hydrogen-bond acceptors (Lipinski definition) is 3. The molecule has 0 amide bonds. The Morgan fingerprint density at radius 3 is 2.02 bits per heavy atom. The standard InChI is InChI=1S/C44H25N3O/c1-2-13-26(14-3-1)41-42(46-35-21-8-7-20-34(35)45-41)33-25-32-28-16-5-10-23-37(28)47-36-22-9-4-15-27(36)29-18-12-19-31(43(29)47)39(32)40-30-17-6-11-24-38(30)48-44(33)40/h1-25H. The fourth-order valence-corrected chi connectivity index (χ4v) is 7.92. The van der Waals surface area contributed by atoms with Gasteiger partial charge in [-0.25, -0.2) is 9.97 Å². The van der Waals surface area contributed by atoms with Crippen LogP contribution >= 0.6 is 0 Å². The fraction of sp³-hybridized carbons (Fsp3) is 0. The van der Waals surface area contributed by atoms with Crippen molar-refractivity contribution in [2.24, 2.45) is 0 Å². The molecule has 4 nitrogen and oxygen atoms in total. The highest BCUT2D eigenvalue weighted by Gasteiger charge is 2.30. The smallest absolute Gasteiger partial charge is 0.145 e. The first-order chi connectivity index (χ1) is 23.8. The van der Waals surface area contributed by atoms with E-state index in [0.29, 0.717) is 0 Å². The first-order valence-electron chi connectivity index (χ1n) is 16.3. The predicted octanol–water partition coefficient (Wildman–Crippen LogP) is 11.6. The molecule has 0 atom stereocenters. The summed E-state index contributed by atoms with van der Waals surface area (Å²) in [6.45, 7) is 0. The van der Waals surface area contributed by atoms with Gasteiger partial charge in [-0.2, -0.15) is 0 Å². The van der Waals surface area contributed by atoms with Gasteiger partial charge in [0.05, 0.1) is 33.4 Å². The number of benzene rings is 7. The Bertz CT molecular complexity index is 2950. The van der Waals surface area contributed by atoms with Gasteiger partial charge < -0.3 is 8.98 Å². The third-order valence-corrected chi connectivity index (χ3v) is 9.92.